The fraction of sp³-hybridized carbons (Fsp3) is 0.150. The molecule has 0 unspecified atom stereocenters. The Hall–Kier alpha value is -3.66. The van der Waals surface area contributed by atoms with Crippen molar-refractivity contribution in [1.82, 2.24) is 20.2 Å². The minimum absolute atomic E-state index is 0.396. The molecule has 10 heteroatoms. The average molecular weight is 424 g/mol. The Morgan fingerprint density at radius 1 is 1.07 bits per heavy atom. The lowest BCUT2D eigenvalue weighted by molar-refractivity contribution is 0.607. The maximum Gasteiger partial charge on any atom is 0.229 e. The van der Waals surface area contributed by atoms with E-state index in [1.165, 1.54) is 0 Å². The molecular weight excluding hydrogens is 402 g/mol. The van der Waals surface area contributed by atoms with E-state index in [2.05, 4.69) is 30.2 Å². The highest BCUT2D eigenvalue weighted by atomic mass is 32.2. The lowest BCUT2D eigenvalue weighted by Crippen LogP contribution is -2.12. The van der Waals surface area contributed by atoms with Gasteiger partial charge in [-0.2, -0.15) is 10.1 Å². The van der Waals surface area contributed by atoms with Crippen LogP contribution in [0.25, 0.3) is 10.9 Å². The minimum Gasteiger partial charge on any atom is -0.329 e. The van der Waals surface area contributed by atoms with Crippen molar-refractivity contribution in [2.75, 3.05) is 28.2 Å². The second-order valence-corrected chi connectivity index (χ2v) is 8.68. The topological polar surface area (TPSA) is 116 Å². The second-order valence-electron chi connectivity index (χ2n) is 6.93. The molecule has 0 aliphatic heterocycles. The first-order valence-corrected chi connectivity index (χ1v) is 11.0. The highest BCUT2D eigenvalue weighted by molar-refractivity contribution is 7.92. The summed E-state index contributed by atoms with van der Waals surface area (Å²) in [5.74, 6) is 1.09. The molecule has 4 rings (SSSR count). The van der Waals surface area contributed by atoms with Crippen molar-refractivity contribution in [2.45, 2.75) is 6.92 Å². The van der Waals surface area contributed by atoms with Gasteiger partial charge in [0.2, 0.25) is 16.0 Å². The summed E-state index contributed by atoms with van der Waals surface area (Å²) in [6.45, 7) is 1.99. The Morgan fingerprint density at radius 2 is 1.87 bits per heavy atom. The van der Waals surface area contributed by atoms with Crippen LogP contribution in [0.15, 0.2) is 54.7 Å². The number of fused-ring (bicyclic) bond motifs is 1. The van der Waals surface area contributed by atoms with E-state index in [4.69, 9.17) is 0 Å². The Labute approximate surface area is 174 Å². The summed E-state index contributed by atoms with van der Waals surface area (Å²) < 4.78 is 25.3. The van der Waals surface area contributed by atoms with Crippen molar-refractivity contribution >= 4 is 49.8 Å². The van der Waals surface area contributed by atoms with Gasteiger partial charge < -0.3 is 10.2 Å². The number of H-pyrrole nitrogens is 1. The summed E-state index contributed by atoms with van der Waals surface area (Å²) in [5.41, 5.74) is 3.98. The van der Waals surface area contributed by atoms with Crippen LogP contribution in [0.3, 0.4) is 0 Å². The molecule has 2 aromatic carbocycles. The number of rotatable bonds is 6. The van der Waals surface area contributed by atoms with Crippen molar-refractivity contribution < 1.29 is 8.42 Å². The molecule has 154 valence electrons. The normalized spacial score (nSPS) is 11.4. The number of anilines is 5. The van der Waals surface area contributed by atoms with E-state index in [0.29, 0.717) is 23.1 Å². The van der Waals surface area contributed by atoms with Gasteiger partial charge in [0.15, 0.2) is 0 Å². The van der Waals surface area contributed by atoms with Crippen molar-refractivity contribution in [2.24, 2.45) is 0 Å². The first kappa shape index (κ1) is 19.6. The number of aromatic amines is 1. The van der Waals surface area contributed by atoms with Gasteiger partial charge in [-0.15, -0.1) is 0 Å². The molecule has 0 bridgehead atoms. The van der Waals surface area contributed by atoms with Crippen molar-refractivity contribution in [3.05, 3.63) is 60.4 Å². The maximum absolute atomic E-state index is 11.4. The Balaban J connectivity index is 1.57. The molecule has 0 spiro atoms. The summed E-state index contributed by atoms with van der Waals surface area (Å²) in [7, 11) is -1.43. The smallest absolute Gasteiger partial charge is 0.229 e. The van der Waals surface area contributed by atoms with E-state index in [9.17, 15) is 8.42 Å². The van der Waals surface area contributed by atoms with Gasteiger partial charge in [0.25, 0.3) is 0 Å². The standard InChI is InChI=1S/C20H21N7O2S/c1-13-17-8-7-16(12-18(17)25-24-13)27(2)19-9-10-21-20(23-19)22-14-5-4-6-15(11-14)26-30(3,28)29/h4-12,26H,1-3H3,(H,24,25)(H,21,22,23). The molecule has 2 heterocycles. The molecule has 0 atom stereocenters. The molecular formula is C20H21N7O2S. The number of sulfonamides is 1. The highest BCUT2D eigenvalue weighted by Gasteiger charge is 2.10. The van der Waals surface area contributed by atoms with E-state index in [1.807, 2.05) is 43.1 Å². The van der Waals surface area contributed by atoms with Crippen molar-refractivity contribution in [1.29, 1.82) is 0 Å². The van der Waals surface area contributed by atoms with E-state index >= 15 is 0 Å². The molecule has 0 aliphatic rings. The lowest BCUT2D eigenvalue weighted by Gasteiger charge is -2.19. The summed E-state index contributed by atoms with van der Waals surface area (Å²) in [6, 6.07) is 14.7. The predicted molar refractivity (Wildman–Crippen MR) is 119 cm³/mol. The van der Waals surface area contributed by atoms with Gasteiger partial charge in [0.1, 0.15) is 5.82 Å². The van der Waals surface area contributed by atoms with Gasteiger partial charge in [-0.1, -0.05) is 6.07 Å². The molecule has 9 nitrogen and oxygen atoms in total. The molecule has 0 aliphatic carbocycles. The maximum atomic E-state index is 11.4. The fourth-order valence-corrected chi connectivity index (χ4v) is 3.63. The Morgan fingerprint density at radius 3 is 2.67 bits per heavy atom. The van der Waals surface area contributed by atoms with Gasteiger partial charge in [-0.05, 0) is 49.4 Å². The fourth-order valence-electron chi connectivity index (χ4n) is 3.07. The van der Waals surface area contributed by atoms with Gasteiger partial charge in [0.05, 0.1) is 17.5 Å². The monoisotopic (exact) mass is 423 g/mol. The van der Waals surface area contributed by atoms with Gasteiger partial charge in [-0.25, -0.2) is 13.4 Å². The number of nitrogens with one attached hydrogen (secondary N) is 3. The van der Waals surface area contributed by atoms with Crippen LogP contribution in [0, 0.1) is 6.92 Å². The third-order valence-electron chi connectivity index (χ3n) is 4.52. The van der Waals surface area contributed by atoms with Gasteiger partial charge in [0, 0.05) is 35.7 Å². The zero-order chi connectivity index (χ0) is 21.3. The van der Waals surface area contributed by atoms with Crippen LogP contribution in [0.2, 0.25) is 0 Å². The van der Waals surface area contributed by atoms with E-state index in [0.717, 1.165) is 28.5 Å². The summed E-state index contributed by atoms with van der Waals surface area (Å²) >= 11 is 0. The number of hydrogen-bond acceptors (Lipinski definition) is 7. The third kappa shape index (κ3) is 4.33. The van der Waals surface area contributed by atoms with Crippen LogP contribution in [0.4, 0.5) is 28.8 Å². The van der Waals surface area contributed by atoms with Gasteiger partial charge in [-0.3, -0.25) is 9.82 Å². The molecule has 0 saturated carbocycles. The average Bonchev–Trinajstić information content (AvgIpc) is 3.07. The quantitative estimate of drug-likeness (QED) is 0.434. The van der Waals surface area contributed by atoms with Crippen molar-refractivity contribution in [3.63, 3.8) is 0 Å². The highest BCUT2D eigenvalue weighted by Crippen LogP contribution is 2.27. The number of benzene rings is 2. The van der Waals surface area contributed by atoms with Crippen LogP contribution >= 0.6 is 0 Å². The van der Waals surface area contributed by atoms with Crippen LogP contribution < -0.4 is 14.9 Å². The summed E-state index contributed by atoms with van der Waals surface area (Å²) in [6.07, 6.45) is 2.77. The molecule has 0 saturated heterocycles. The summed E-state index contributed by atoms with van der Waals surface area (Å²) in [5, 5.41) is 11.5. The van der Waals surface area contributed by atoms with E-state index in [-0.39, 0.29) is 0 Å². The molecule has 0 amide bonds. The number of nitrogens with zero attached hydrogens (tertiary/aromatic N) is 4. The van der Waals surface area contributed by atoms with Crippen LogP contribution in [-0.4, -0.2) is 41.9 Å². The van der Waals surface area contributed by atoms with E-state index < -0.39 is 10.0 Å². The van der Waals surface area contributed by atoms with Gasteiger partial charge >= 0.3 is 0 Å². The van der Waals surface area contributed by atoms with Crippen LogP contribution in [0.5, 0.6) is 0 Å². The molecule has 0 radical (unpaired) electrons. The molecule has 0 fully saturated rings. The predicted octanol–water partition coefficient (Wildman–Crippen LogP) is 3.54. The number of hydrogen-bond donors (Lipinski definition) is 3. The number of aryl methyl sites for hydroxylation is 1. The largest absolute Gasteiger partial charge is 0.329 e. The summed E-state index contributed by atoms with van der Waals surface area (Å²) in [4.78, 5) is 10.8. The zero-order valence-electron chi connectivity index (χ0n) is 16.7. The lowest BCUT2D eigenvalue weighted by atomic mass is 10.2. The number of aromatic nitrogens is 4. The molecule has 4 aromatic rings. The molecule has 3 N–H and O–H groups in total. The first-order chi connectivity index (χ1) is 14.3. The minimum atomic E-state index is -3.35. The Bertz CT molecular complexity index is 1320. The van der Waals surface area contributed by atoms with E-state index in [1.54, 1.807) is 30.5 Å². The van der Waals surface area contributed by atoms with Crippen molar-refractivity contribution in [3.8, 4) is 0 Å². The zero-order valence-corrected chi connectivity index (χ0v) is 17.5. The second kappa shape index (κ2) is 7.64. The third-order valence-corrected chi connectivity index (χ3v) is 5.13. The SMILES string of the molecule is Cc1[nH]nc2cc(N(C)c3ccnc(Nc4cccc(NS(C)(=O)=O)c4)n3)ccc12. The Kier molecular flexibility index (Phi) is 5.00. The first-order valence-electron chi connectivity index (χ1n) is 9.15. The van der Waals surface area contributed by atoms with Crippen LogP contribution in [0.1, 0.15) is 5.69 Å². The molecule has 30 heavy (non-hydrogen) atoms. The van der Waals surface area contributed by atoms with Crippen LogP contribution in [-0.2, 0) is 10.0 Å². The molecule has 2 aromatic heterocycles.